The molecule has 0 aromatic rings. The van der Waals surface area contributed by atoms with Crippen LogP contribution in [-0.2, 0) is 0 Å². The van der Waals surface area contributed by atoms with Gasteiger partial charge in [0.15, 0.2) is 0 Å². The number of rotatable bonds is 1. The standard InChI is InChI=1S/C11H24N2/c1-9-8-13(6)10(2)7-11(9,3)12(4)5/h9-10H,7-8H2,1-6H3/t9-,10-,11+/m1/s1. The molecule has 1 aliphatic heterocycles. The third-order valence-electron chi connectivity index (χ3n) is 4.11. The van der Waals surface area contributed by atoms with E-state index in [0.717, 1.165) is 5.92 Å². The fourth-order valence-electron chi connectivity index (χ4n) is 2.39. The summed E-state index contributed by atoms with van der Waals surface area (Å²) in [6.45, 7) is 8.30. The SMILES string of the molecule is C[C@@H]1C[C@](C)(N(C)C)[C@H](C)CN1C. The van der Waals surface area contributed by atoms with Gasteiger partial charge >= 0.3 is 0 Å². The quantitative estimate of drug-likeness (QED) is 0.611. The van der Waals surface area contributed by atoms with E-state index in [9.17, 15) is 0 Å². The van der Waals surface area contributed by atoms with E-state index in [-0.39, 0.29) is 0 Å². The molecule has 2 nitrogen and oxygen atoms in total. The summed E-state index contributed by atoms with van der Waals surface area (Å²) in [5.41, 5.74) is 0.381. The van der Waals surface area contributed by atoms with E-state index in [4.69, 9.17) is 0 Å². The number of nitrogens with zero attached hydrogens (tertiary/aromatic N) is 2. The highest BCUT2D eigenvalue weighted by Crippen LogP contribution is 2.33. The third kappa shape index (κ3) is 1.89. The summed E-state index contributed by atoms with van der Waals surface area (Å²) in [5, 5.41) is 0. The Morgan fingerprint density at radius 3 is 2.31 bits per heavy atom. The van der Waals surface area contributed by atoms with Crippen LogP contribution in [0.3, 0.4) is 0 Å². The van der Waals surface area contributed by atoms with Crippen LogP contribution >= 0.6 is 0 Å². The van der Waals surface area contributed by atoms with Crippen LogP contribution in [0.4, 0.5) is 0 Å². The van der Waals surface area contributed by atoms with Gasteiger partial charge in [-0.15, -0.1) is 0 Å². The van der Waals surface area contributed by atoms with Crippen molar-refractivity contribution in [3.63, 3.8) is 0 Å². The molecule has 0 aromatic heterocycles. The van der Waals surface area contributed by atoms with Crippen LogP contribution in [0.5, 0.6) is 0 Å². The number of hydrogen-bond acceptors (Lipinski definition) is 2. The molecule has 0 bridgehead atoms. The van der Waals surface area contributed by atoms with Gasteiger partial charge in [0.1, 0.15) is 0 Å². The average molecular weight is 184 g/mol. The van der Waals surface area contributed by atoms with Gasteiger partial charge in [0.2, 0.25) is 0 Å². The summed E-state index contributed by atoms with van der Waals surface area (Å²) < 4.78 is 0. The molecule has 0 aliphatic carbocycles. The summed E-state index contributed by atoms with van der Waals surface area (Å²) in [7, 11) is 6.64. The van der Waals surface area contributed by atoms with Crippen molar-refractivity contribution in [2.45, 2.75) is 38.8 Å². The molecule has 2 heteroatoms. The molecule has 0 radical (unpaired) electrons. The van der Waals surface area contributed by atoms with Crippen LogP contribution in [0.1, 0.15) is 27.2 Å². The molecular formula is C11H24N2. The second-order valence-electron chi connectivity index (χ2n) is 5.15. The zero-order valence-electron chi connectivity index (χ0n) is 9.96. The van der Waals surface area contributed by atoms with Gasteiger partial charge in [-0.3, -0.25) is 0 Å². The molecule has 13 heavy (non-hydrogen) atoms. The normalized spacial score (nSPS) is 42.7. The Kier molecular flexibility index (Phi) is 3.03. The van der Waals surface area contributed by atoms with Gasteiger partial charge in [0.05, 0.1) is 0 Å². The molecule has 0 N–H and O–H groups in total. The summed E-state index contributed by atoms with van der Waals surface area (Å²) in [5.74, 6) is 0.753. The highest BCUT2D eigenvalue weighted by molar-refractivity contribution is 4.96. The molecule has 3 atom stereocenters. The van der Waals surface area contributed by atoms with Crippen LogP contribution in [-0.4, -0.2) is 49.1 Å². The summed E-state index contributed by atoms with van der Waals surface area (Å²) >= 11 is 0. The predicted octanol–water partition coefficient (Wildman–Crippen LogP) is 1.67. The molecule has 1 heterocycles. The number of likely N-dealkylation sites (tertiary alicyclic amines) is 1. The molecule has 0 saturated carbocycles. The molecule has 0 spiro atoms. The van der Waals surface area contributed by atoms with Crippen LogP contribution in [0.2, 0.25) is 0 Å². The molecule has 78 valence electrons. The van der Waals surface area contributed by atoms with Gasteiger partial charge in [-0.05, 0) is 47.3 Å². The van der Waals surface area contributed by atoms with Gasteiger partial charge in [-0.2, -0.15) is 0 Å². The maximum Gasteiger partial charge on any atom is 0.0227 e. The van der Waals surface area contributed by atoms with Crippen molar-refractivity contribution in [2.75, 3.05) is 27.7 Å². The molecule has 1 rings (SSSR count). The molecule has 1 fully saturated rings. The van der Waals surface area contributed by atoms with Crippen molar-refractivity contribution < 1.29 is 0 Å². The van der Waals surface area contributed by atoms with Crippen molar-refractivity contribution in [1.82, 2.24) is 9.80 Å². The second kappa shape index (κ2) is 3.58. The van der Waals surface area contributed by atoms with Crippen LogP contribution in [0, 0.1) is 5.92 Å². The van der Waals surface area contributed by atoms with Crippen molar-refractivity contribution in [3.8, 4) is 0 Å². The zero-order valence-corrected chi connectivity index (χ0v) is 9.96. The van der Waals surface area contributed by atoms with E-state index in [1.165, 1.54) is 13.0 Å². The first kappa shape index (κ1) is 11.0. The third-order valence-corrected chi connectivity index (χ3v) is 4.11. The lowest BCUT2D eigenvalue weighted by molar-refractivity contribution is 0.00200. The Morgan fingerprint density at radius 2 is 1.85 bits per heavy atom. The first-order chi connectivity index (χ1) is 5.88. The lowest BCUT2D eigenvalue weighted by atomic mass is 9.77. The maximum absolute atomic E-state index is 2.47. The first-order valence-corrected chi connectivity index (χ1v) is 5.25. The van der Waals surface area contributed by atoms with Crippen LogP contribution in [0.15, 0.2) is 0 Å². The molecule has 0 aromatic carbocycles. The van der Waals surface area contributed by atoms with Gasteiger partial charge in [0, 0.05) is 18.1 Å². The average Bonchev–Trinajstić information content (AvgIpc) is 2.01. The van der Waals surface area contributed by atoms with Crippen molar-refractivity contribution >= 4 is 0 Å². The molecule has 1 aliphatic rings. The smallest absolute Gasteiger partial charge is 0.0227 e. The predicted molar refractivity (Wildman–Crippen MR) is 58.0 cm³/mol. The van der Waals surface area contributed by atoms with Crippen molar-refractivity contribution in [1.29, 1.82) is 0 Å². The fourth-order valence-corrected chi connectivity index (χ4v) is 2.39. The highest BCUT2D eigenvalue weighted by atomic mass is 15.2. The van der Waals surface area contributed by atoms with E-state index in [0.29, 0.717) is 11.6 Å². The largest absolute Gasteiger partial charge is 0.304 e. The minimum Gasteiger partial charge on any atom is -0.304 e. The monoisotopic (exact) mass is 184 g/mol. The van der Waals surface area contributed by atoms with Gasteiger partial charge in [0.25, 0.3) is 0 Å². The fraction of sp³-hybridized carbons (Fsp3) is 1.00. The number of piperidine rings is 1. The first-order valence-electron chi connectivity index (χ1n) is 5.25. The Labute approximate surface area is 82.9 Å². The van der Waals surface area contributed by atoms with E-state index in [1.54, 1.807) is 0 Å². The topological polar surface area (TPSA) is 6.48 Å². The Balaban J connectivity index is 2.76. The summed E-state index contributed by atoms with van der Waals surface area (Å²) in [6.07, 6.45) is 1.28. The highest BCUT2D eigenvalue weighted by Gasteiger charge is 2.40. The minimum atomic E-state index is 0.381. The van der Waals surface area contributed by atoms with Crippen molar-refractivity contribution in [3.05, 3.63) is 0 Å². The molecule has 1 saturated heterocycles. The van der Waals surface area contributed by atoms with E-state index in [1.807, 2.05) is 0 Å². The molecular weight excluding hydrogens is 160 g/mol. The van der Waals surface area contributed by atoms with Gasteiger partial charge in [-0.25, -0.2) is 0 Å². The minimum absolute atomic E-state index is 0.381. The Hall–Kier alpha value is -0.0800. The molecule has 0 amide bonds. The maximum atomic E-state index is 2.47. The Bertz CT molecular complexity index is 179. The van der Waals surface area contributed by atoms with Gasteiger partial charge < -0.3 is 9.80 Å². The van der Waals surface area contributed by atoms with Crippen LogP contribution in [0.25, 0.3) is 0 Å². The lowest BCUT2D eigenvalue weighted by Gasteiger charge is -2.50. The second-order valence-corrected chi connectivity index (χ2v) is 5.15. The van der Waals surface area contributed by atoms with Gasteiger partial charge in [-0.1, -0.05) is 6.92 Å². The van der Waals surface area contributed by atoms with Crippen LogP contribution < -0.4 is 0 Å². The number of hydrogen-bond donors (Lipinski definition) is 0. The summed E-state index contributed by atoms with van der Waals surface area (Å²) in [4.78, 5) is 4.86. The Morgan fingerprint density at radius 1 is 1.31 bits per heavy atom. The van der Waals surface area contributed by atoms with E-state index >= 15 is 0 Å². The molecule has 0 unspecified atom stereocenters. The zero-order chi connectivity index (χ0) is 10.2. The van der Waals surface area contributed by atoms with Crippen molar-refractivity contribution in [2.24, 2.45) is 5.92 Å². The summed E-state index contributed by atoms with van der Waals surface area (Å²) in [6, 6.07) is 0.712. The van der Waals surface area contributed by atoms with E-state index < -0.39 is 0 Å². The lowest BCUT2D eigenvalue weighted by Crippen LogP contribution is -2.58. The van der Waals surface area contributed by atoms with E-state index in [2.05, 4.69) is 51.7 Å².